The molecule has 1 atom stereocenters. The molecular weight excluding hydrogens is 306 g/mol. The number of cyclic esters (lactones) is 1. The molecule has 2 heterocycles. The van der Waals surface area contributed by atoms with Crippen LogP contribution in [0.4, 0.5) is 21.0 Å². The van der Waals surface area contributed by atoms with Gasteiger partial charge in [-0.25, -0.2) is 14.5 Å². The van der Waals surface area contributed by atoms with Crippen molar-refractivity contribution >= 4 is 29.5 Å². The number of benzene rings is 1. The van der Waals surface area contributed by atoms with Crippen molar-refractivity contribution in [3.8, 4) is 5.75 Å². The number of nitrogens with two attached hydrogens (primary N) is 1. The molecule has 0 spiro atoms. The molecular formula is C14H15N3O6. The van der Waals surface area contributed by atoms with Crippen molar-refractivity contribution in [2.24, 2.45) is 5.73 Å². The van der Waals surface area contributed by atoms with Crippen LogP contribution in [0.3, 0.4) is 0 Å². The number of hydrogen-bond donors (Lipinski definition) is 1. The molecule has 1 fully saturated rings. The lowest BCUT2D eigenvalue weighted by atomic mass is 10.2. The minimum Gasteiger partial charge on any atom is -0.481 e. The first-order chi connectivity index (χ1) is 11.0. The van der Waals surface area contributed by atoms with Crippen LogP contribution in [0.25, 0.3) is 0 Å². The number of amides is 3. The smallest absolute Gasteiger partial charge is 0.421 e. The number of imide groups is 1. The van der Waals surface area contributed by atoms with Crippen LogP contribution in [-0.4, -0.2) is 51.0 Å². The molecule has 1 aromatic carbocycles. The average Bonchev–Trinajstić information content (AvgIpc) is 2.94. The zero-order valence-electron chi connectivity index (χ0n) is 12.4. The Bertz CT molecular complexity index is 676. The molecule has 1 saturated heterocycles. The Kier molecular flexibility index (Phi) is 3.78. The second kappa shape index (κ2) is 5.76. The zero-order chi connectivity index (χ0) is 16.6. The summed E-state index contributed by atoms with van der Waals surface area (Å²) in [4.78, 5) is 37.7. The van der Waals surface area contributed by atoms with Crippen LogP contribution in [0.5, 0.6) is 5.75 Å². The summed E-state index contributed by atoms with van der Waals surface area (Å²) >= 11 is 0. The van der Waals surface area contributed by atoms with Gasteiger partial charge in [-0.3, -0.25) is 9.69 Å². The van der Waals surface area contributed by atoms with Gasteiger partial charge in [0.15, 0.2) is 6.61 Å². The van der Waals surface area contributed by atoms with Gasteiger partial charge in [0.2, 0.25) is 0 Å². The third-order valence-electron chi connectivity index (χ3n) is 3.59. The Labute approximate surface area is 131 Å². The van der Waals surface area contributed by atoms with Gasteiger partial charge >= 0.3 is 12.2 Å². The van der Waals surface area contributed by atoms with Crippen molar-refractivity contribution in [3.05, 3.63) is 18.2 Å². The molecule has 3 rings (SSSR count). The minimum absolute atomic E-state index is 0.230. The molecule has 3 amide bonds. The quantitative estimate of drug-likeness (QED) is 0.842. The van der Waals surface area contributed by atoms with Gasteiger partial charge in [-0.1, -0.05) is 0 Å². The number of methoxy groups -OCH3 is 1. The Morgan fingerprint density at radius 2 is 2.22 bits per heavy atom. The monoisotopic (exact) mass is 321 g/mol. The van der Waals surface area contributed by atoms with E-state index in [1.54, 1.807) is 12.1 Å². The molecule has 122 valence electrons. The van der Waals surface area contributed by atoms with E-state index in [0.29, 0.717) is 18.0 Å². The van der Waals surface area contributed by atoms with Crippen molar-refractivity contribution in [2.75, 3.05) is 36.6 Å². The van der Waals surface area contributed by atoms with Gasteiger partial charge < -0.3 is 19.9 Å². The van der Waals surface area contributed by atoms with Crippen LogP contribution in [-0.2, 0) is 14.3 Å². The van der Waals surface area contributed by atoms with Crippen LogP contribution in [0.15, 0.2) is 18.2 Å². The number of carbonyl (C=O) groups excluding carboxylic acids is 3. The number of carbonyl (C=O) groups is 3. The summed E-state index contributed by atoms with van der Waals surface area (Å²) in [6, 6.07) is 4.68. The van der Waals surface area contributed by atoms with E-state index in [2.05, 4.69) is 4.74 Å². The molecule has 0 aromatic heterocycles. The molecule has 0 aliphatic carbocycles. The molecule has 0 radical (unpaired) electrons. The largest absolute Gasteiger partial charge is 0.481 e. The number of anilines is 2. The van der Waals surface area contributed by atoms with Crippen molar-refractivity contribution < 1.29 is 28.6 Å². The van der Waals surface area contributed by atoms with Gasteiger partial charge in [0.25, 0.3) is 5.91 Å². The fraction of sp³-hybridized carbons (Fsp3) is 0.357. The maximum Gasteiger partial charge on any atom is 0.421 e. The highest BCUT2D eigenvalue weighted by molar-refractivity contribution is 6.15. The van der Waals surface area contributed by atoms with Gasteiger partial charge in [-0.05, 0) is 12.1 Å². The van der Waals surface area contributed by atoms with Crippen LogP contribution in [0.1, 0.15) is 0 Å². The predicted octanol–water partition coefficient (Wildman–Crippen LogP) is 0.462. The highest BCUT2D eigenvalue weighted by Crippen LogP contribution is 2.36. The number of nitrogens with zero attached hydrogens (tertiary/aromatic N) is 2. The number of hydrogen-bond acceptors (Lipinski definition) is 7. The van der Waals surface area contributed by atoms with Gasteiger partial charge in [0, 0.05) is 12.6 Å². The molecule has 0 saturated carbocycles. The first kappa shape index (κ1) is 15.1. The summed E-state index contributed by atoms with van der Waals surface area (Å²) in [7, 11) is 1.19. The molecule has 0 bridgehead atoms. The fourth-order valence-corrected chi connectivity index (χ4v) is 2.46. The molecule has 1 aromatic rings. The molecule has 9 nitrogen and oxygen atoms in total. The van der Waals surface area contributed by atoms with Crippen molar-refractivity contribution in [2.45, 2.75) is 6.10 Å². The number of fused-ring (bicyclic) bond motifs is 1. The minimum atomic E-state index is -0.795. The molecule has 2 N–H and O–H groups in total. The third kappa shape index (κ3) is 2.55. The fourth-order valence-electron chi connectivity index (χ4n) is 2.46. The lowest BCUT2D eigenvalue weighted by molar-refractivity contribution is -0.120. The lowest BCUT2D eigenvalue weighted by Crippen LogP contribution is -2.43. The summed E-state index contributed by atoms with van der Waals surface area (Å²) in [6.45, 7) is 0.267. The Balaban J connectivity index is 1.92. The van der Waals surface area contributed by atoms with Crippen LogP contribution < -0.4 is 20.3 Å². The van der Waals surface area contributed by atoms with E-state index in [1.165, 1.54) is 18.1 Å². The van der Waals surface area contributed by atoms with E-state index in [4.69, 9.17) is 15.2 Å². The summed E-state index contributed by atoms with van der Waals surface area (Å²) in [5, 5.41) is 0. The topological polar surface area (TPSA) is 111 Å². The van der Waals surface area contributed by atoms with Gasteiger partial charge in [-0.2, -0.15) is 0 Å². The highest BCUT2D eigenvalue weighted by atomic mass is 16.6. The highest BCUT2D eigenvalue weighted by Gasteiger charge is 2.35. The standard InChI is InChI=1S/C14H15N3O6/c1-21-14(20)17-10-3-2-8(4-11(10)22-7-12(17)18)16-6-9(5-15)23-13(16)19/h2-4,9H,5-7,15H2,1H3. The van der Waals surface area contributed by atoms with Crippen molar-refractivity contribution in [1.82, 2.24) is 0 Å². The first-order valence-electron chi connectivity index (χ1n) is 6.91. The predicted molar refractivity (Wildman–Crippen MR) is 78.5 cm³/mol. The van der Waals surface area contributed by atoms with Gasteiger partial charge in [0.05, 0.1) is 25.0 Å². The SMILES string of the molecule is COC(=O)N1C(=O)COc2cc(N3CC(CN)OC3=O)ccc21. The second-order valence-electron chi connectivity index (χ2n) is 4.99. The van der Waals surface area contributed by atoms with Crippen LogP contribution in [0, 0.1) is 0 Å². The van der Waals surface area contributed by atoms with Crippen molar-refractivity contribution in [3.63, 3.8) is 0 Å². The third-order valence-corrected chi connectivity index (χ3v) is 3.59. The average molecular weight is 321 g/mol. The number of ether oxygens (including phenoxy) is 3. The maximum absolute atomic E-state index is 11.9. The molecule has 9 heteroatoms. The Morgan fingerprint density at radius 1 is 1.43 bits per heavy atom. The first-order valence-corrected chi connectivity index (χ1v) is 6.91. The van der Waals surface area contributed by atoms with Crippen molar-refractivity contribution in [1.29, 1.82) is 0 Å². The van der Waals surface area contributed by atoms with E-state index in [9.17, 15) is 14.4 Å². The van der Waals surface area contributed by atoms with E-state index in [0.717, 1.165) is 4.90 Å². The van der Waals surface area contributed by atoms with E-state index < -0.39 is 18.1 Å². The van der Waals surface area contributed by atoms with Crippen LogP contribution >= 0.6 is 0 Å². The Morgan fingerprint density at radius 3 is 2.87 bits per heavy atom. The van der Waals surface area contributed by atoms with E-state index in [-0.39, 0.29) is 24.9 Å². The second-order valence-corrected chi connectivity index (χ2v) is 4.99. The maximum atomic E-state index is 11.9. The summed E-state index contributed by atoms with van der Waals surface area (Å²) < 4.78 is 15.0. The number of rotatable bonds is 2. The lowest BCUT2D eigenvalue weighted by Gasteiger charge is -2.27. The normalized spacial score (nSPS) is 20.0. The van der Waals surface area contributed by atoms with Gasteiger partial charge in [-0.15, -0.1) is 0 Å². The molecule has 23 heavy (non-hydrogen) atoms. The summed E-state index contributed by atoms with van der Waals surface area (Å²) in [5.41, 5.74) is 6.30. The van der Waals surface area contributed by atoms with E-state index in [1.807, 2.05) is 0 Å². The zero-order valence-corrected chi connectivity index (χ0v) is 12.4. The van der Waals surface area contributed by atoms with E-state index >= 15 is 0 Å². The van der Waals surface area contributed by atoms with Crippen LogP contribution in [0.2, 0.25) is 0 Å². The molecule has 2 aliphatic rings. The van der Waals surface area contributed by atoms with Gasteiger partial charge in [0.1, 0.15) is 11.9 Å². The molecule has 2 aliphatic heterocycles. The summed E-state index contributed by atoms with van der Waals surface area (Å²) in [6.07, 6.45) is -1.67. The Hall–Kier alpha value is -2.81. The summed E-state index contributed by atoms with van der Waals surface area (Å²) in [5.74, 6) is -0.225. The molecule has 1 unspecified atom stereocenters.